The van der Waals surface area contributed by atoms with Crippen molar-refractivity contribution in [1.82, 2.24) is 14.5 Å². The van der Waals surface area contributed by atoms with Gasteiger partial charge in [-0.25, -0.2) is 13.8 Å². The highest BCUT2D eigenvalue weighted by atomic mass is 19.3. The van der Waals surface area contributed by atoms with Crippen molar-refractivity contribution >= 4 is 16.6 Å². The first-order valence-corrected chi connectivity index (χ1v) is 9.05. The molecule has 1 saturated heterocycles. The van der Waals surface area contributed by atoms with Crippen molar-refractivity contribution in [2.75, 3.05) is 18.0 Å². The van der Waals surface area contributed by atoms with Crippen LogP contribution in [0.3, 0.4) is 0 Å². The molecule has 0 N–H and O–H groups in total. The largest absolute Gasteiger partial charge is 0.371 e. The van der Waals surface area contributed by atoms with Crippen molar-refractivity contribution < 1.29 is 8.78 Å². The number of pyridine rings is 1. The minimum atomic E-state index is -2.72. The summed E-state index contributed by atoms with van der Waals surface area (Å²) in [4.78, 5) is 22.5. The molecule has 27 heavy (non-hydrogen) atoms. The molecule has 140 valence electrons. The van der Waals surface area contributed by atoms with E-state index in [1.54, 1.807) is 0 Å². The molecule has 1 fully saturated rings. The van der Waals surface area contributed by atoms with Crippen LogP contribution in [0.1, 0.15) is 25.0 Å². The molecule has 3 heterocycles. The lowest BCUT2D eigenvalue weighted by Gasteiger charge is -2.34. The quantitative estimate of drug-likeness (QED) is 0.704. The van der Waals surface area contributed by atoms with Gasteiger partial charge in [-0.05, 0) is 30.9 Å². The summed E-state index contributed by atoms with van der Waals surface area (Å²) in [5.74, 6) is 0.325. The monoisotopic (exact) mass is 370 g/mol. The fraction of sp³-hybridized carbons (Fsp3) is 0.350. The van der Waals surface area contributed by atoms with E-state index in [4.69, 9.17) is 0 Å². The smallest absolute Gasteiger partial charge is 0.280 e. The number of aromatic nitrogens is 3. The third kappa shape index (κ3) is 3.67. The summed E-state index contributed by atoms with van der Waals surface area (Å²) in [6, 6.07) is 11.1. The molecule has 3 aromatic rings. The van der Waals surface area contributed by atoms with Crippen molar-refractivity contribution in [3.05, 3.63) is 65.0 Å². The number of nitrogens with zero attached hydrogens (tertiary/aromatic N) is 4. The summed E-state index contributed by atoms with van der Waals surface area (Å²) in [6.45, 7) is 2.28. The Morgan fingerprint density at radius 1 is 1.11 bits per heavy atom. The molecular weight excluding hydrogens is 350 g/mol. The van der Waals surface area contributed by atoms with Crippen LogP contribution in [-0.2, 0) is 6.54 Å². The molecule has 0 saturated carbocycles. The zero-order chi connectivity index (χ0) is 18.8. The molecule has 5 nitrogen and oxygen atoms in total. The van der Waals surface area contributed by atoms with Crippen molar-refractivity contribution in [3.8, 4) is 0 Å². The Kier molecular flexibility index (Phi) is 4.83. The number of hydrogen-bond acceptors (Lipinski definition) is 4. The van der Waals surface area contributed by atoms with Gasteiger partial charge in [0.1, 0.15) is 5.69 Å². The zero-order valence-electron chi connectivity index (χ0n) is 14.8. The second-order valence-electron chi connectivity index (χ2n) is 6.88. The summed E-state index contributed by atoms with van der Waals surface area (Å²) in [6.07, 6.45) is 2.22. The number of anilines is 1. The van der Waals surface area contributed by atoms with Crippen molar-refractivity contribution in [2.45, 2.75) is 25.8 Å². The second-order valence-corrected chi connectivity index (χ2v) is 6.88. The van der Waals surface area contributed by atoms with Crippen LogP contribution in [0.5, 0.6) is 0 Å². The predicted molar refractivity (Wildman–Crippen MR) is 100 cm³/mol. The first kappa shape index (κ1) is 17.6. The Morgan fingerprint density at radius 2 is 1.89 bits per heavy atom. The number of hydrogen-bond donors (Lipinski definition) is 0. The van der Waals surface area contributed by atoms with Gasteiger partial charge in [-0.2, -0.15) is 0 Å². The minimum Gasteiger partial charge on any atom is -0.371 e. The zero-order valence-corrected chi connectivity index (χ0v) is 14.8. The van der Waals surface area contributed by atoms with Crippen LogP contribution in [0.2, 0.25) is 0 Å². The Bertz CT molecular complexity index is 991. The van der Waals surface area contributed by atoms with Gasteiger partial charge in [-0.15, -0.1) is 0 Å². The van der Waals surface area contributed by atoms with E-state index in [9.17, 15) is 13.6 Å². The van der Waals surface area contributed by atoms with Gasteiger partial charge in [0.25, 0.3) is 12.0 Å². The van der Waals surface area contributed by atoms with Crippen LogP contribution in [-0.4, -0.2) is 27.6 Å². The van der Waals surface area contributed by atoms with Gasteiger partial charge in [-0.3, -0.25) is 14.3 Å². The molecule has 2 aromatic heterocycles. The van der Waals surface area contributed by atoms with Gasteiger partial charge in [0.15, 0.2) is 0 Å². The van der Waals surface area contributed by atoms with Crippen LogP contribution in [0.25, 0.3) is 10.9 Å². The summed E-state index contributed by atoms with van der Waals surface area (Å²) in [5, 5.41) is 1.14. The highest BCUT2D eigenvalue weighted by Gasteiger charge is 2.22. The summed E-state index contributed by atoms with van der Waals surface area (Å²) in [7, 11) is 0. The van der Waals surface area contributed by atoms with Gasteiger partial charge < -0.3 is 4.90 Å². The highest BCUT2D eigenvalue weighted by molar-refractivity contribution is 5.91. The first-order valence-electron chi connectivity index (χ1n) is 9.05. The molecule has 0 radical (unpaired) electrons. The Morgan fingerprint density at radius 3 is 2.63 bits per heavy atom. The highest BCUT2D eigenvalue weighted by Crippen LogP contribution is 2.29. The van der Waals surface area contributed by atoms with Gasteiger partial charge >= 0.3 is 0 Å². The lowest BCUT2D eigenvalue weighted by molar-refractivity contribution is 0.145. The van der Waals surface area contributed by atoms with Crippen LogP contribution in [0.15, 0.2) is 53.7 Å². The Labute approximate surface area is 155 Å². The van der Waals surface area contributed by atoms with E-state index in [-0.39, 0.29) is 0 Å². The molecule has 1 aliphatic heterocycles. The maximum atomic E-state index is 12.6. The average Bonchev–Trinajstić information content (AvgIpc) is 2.69. The van der Waals surface area contributed by atoms with Gasteiger partial charge in [0.05, 0.1) is 11.8 Å². The fourth-order valence-corrected chi connectivity index (χ4v) is 3.69. The molecule has 1 aromatic carbocycles. The Balaban J connectivity index is 1.44. The number of fused-ring (bicyclic) bond motifs is 1. The topological polar surface area (TPSA) is 51.0 Å². The SMILES string of the molecule is O=c1cc(C(F)F)ncn1CC1CCN(c2ccnc3ccccc23)CC1. The third-order valence-corrected chi connectivity index (χ3v) is 5.16. The maximum absolute atomic E-state index is 12.6. The van der Waals surface area contributed by atoms with E-state index in [0.717, 1.165) is 42.9 Å². The van der Waals surface area contributed by atoms with Crippen LogP contribution < -0.4 is 10.5 Å². The summed E-state index contributed by atoms with van der Waals surface area (Å²) in [5.41, 5.74) is 1.28. The lowest BCUT2D eigenvalue weighted by Crippen LogP contribution is -2.36. The van der Waals surface area contributed by atoms with E-state index in [2.05, 4.69) is 20.9 Å². The fourth-order valence-electron chi connectivity index (χ4n) is 3.69. The average molecular weight is 370 g/mol. The molecule has 7 heteroatoms. The van der Waals surface area contributed by atoms with Crippen LogP contribution in [0, 0.1) is 5.92 Å². The Hall–Kier alpha value is -2.83. The van der Waals surface area contributed by atoms with Gasteiger partial charge in [0, 0.05) is 43.0 Å². The molecule has 0 aliphatic carbocycles. The lowest BCUT2D eigenvalue weighted by atomic mass is 9.96. The van der Waals surface area contributed by atoms with Crippen molar-refractivity contribution in [3.63, 3.8) is 0 Å². The molecule has 0 unspecified atom stereocenters. The van der Waals surface area contributed by atoms with Crippen LogP contribution >= 0.6 is 0 Å². The van der Waals surface area contributed by atoms with Gasteiger partial charge in [-0.1, -0.05) is 18.2 Å². The normalized spacial score (nSPS) is 15.6. The number of benzene rings is 1. The van der Waals surface area contributed by atoms with E-state index < -0.39 is 17.7 Å². The van der Waals surface area contributed by atoms with E-state index in [0.29, 0.717) is 12.5 Å². The molecule has 1 aliphatic rings. The summed E-state index contributed by atoms with van der Waals surface area (Å²) >= 11 is 0. The van der Waals surface area contributed by atoms with Crippen molar-refractivity contribution in [2.24, 2.45) is 5.92 Å². The number of halogens is 2. The number of piperidine rings is 1. The van der Waals surface area contributed by atoms with E-state index >= 15 is 0 Å². The second kappa shape index (κ2) is 7.42. The number of alkyl halides is 2. The molecule has 0 amide bonds. The predicted octanol–water partition coefficient (Wildman–Crippen LogP) is 3.65. The van der Waals surface area contributed by atoms with Gasteiger partial charge in [0.2, 0.25) is 0 Å². The first-order chi connectivity index (χ1) is 13.1. The number of rotatable bonds is 4. The van der Waals surface area contributed by atoms with Crippen molar-refractivity contribution in [1.29, 1.82) is 0 Å². The van der Waals surface area contributed by atoms with Crippen LogP contribution in [0.4, 0.5) is 14.5 Å². The molecule has 0 spiro atoms. The number of para-hydroxylation sites is 1. The standard InChI is InChI=1S/C20H20F2N4O/c21-20(22)17-11-19(27)26(13-24-17)12-14-6-9-25(10-7-14)18-5-8-23-16-4-2-1-3-15(16)18/h1-5,8,11,13-14,20H,6-7,9-10,12H2. The minimum absolute atomic E-state index is 0.325. The molecule has 0 atom stereocenters. The molecular formula is C20H20F2N4O. The third-order valence-electron chi connectivity index (χ3n) is 5.16. The molecule has 4 rings (SSSR count). The van der Waals surface area contributed by atoms with E-state index in [1.807, 2.05) is 30.5 Å². The maximum Gasteiger partial charge on any atom is 0.280 e. The van der Waals surface area contributed by atoms with E-state index in [1.165, 1.54) is 16.6 Å². The summed E-state index contributed by atoms with van der Waals surface area (Å²) < 4.78 is 26.7. The molecule has 0 bridgehead atoms.